The number of benzene rings is 1. The standard InChI is InChI=1S/C11H13ClN2O/c12-9-3-1-2-8(4-9)6-13-10-5-11(15)14-7-10/h1-4,10,13H,5-7H2,(H,14,15). The highest BCUT2D eigenvalue weighted by Gasteiger charge is 2.20. The third kappa shape index (κ3) is 2.94. The van der Waals surface area contributed by atoms with Crippen molar-refractivity contribution in [1.82, 2.24) is 10.6 Å². The van der Waals surface area contributed by atoms with Crippen molar-refractivity contribution in [2.75, 3.05) is 6.54 Å². The van der Waals surface area contributed by atoms with Gasteiger partial charge in [0.05, 0.1) is 0 Å². The first kappa shape index (κ1) is 10.5. The number of rotatable bonds is 3. The van der Waals surface area contributed by atoms with E-state index in [9.17, 15) is 4.79 Å². The zero-order valence-corrected chi connectivity index (χ0v) is 9.05. The average Bonchev–Trinajstić information content (AvgIpc) is 2.62. The Labute approximate surface area is 93.8 Å². The summed E-state index contributed by atoms with van der Waals surface area (Å²) in [6, 6.07) is 7.97. The molecule has 2 rings (SSSR count). The van der Waals surface area contributed by atoms with Gasteiger partial charge in [0.2, 0.25) is 5.91 Å². The normalized spacial score (nSPS) is 20.3. The summed E-state index contributed by atoms with van der Waals surface area (Å²) < 4.78 is 0. The van der Waals surface area contributed by atoms with Crippen LogP contribution in [0.15, 0.2) is 24.3 Å². The molecule has 1 aromatic rings. The molecule has 1 saturated heterocycles. The van der Waals surface area contributed by atoms with E-state index in [4.69, 9.17) is 11.6 Å². The molecule has 2 N–H and O–H groups in total. The van der Waals surface area contributed by atoms with Crippen LogP contribution in [0.1, 0.15) is 12.0 Å². The molecule has 0 bridgehead atoms. The van der Waals surface area contributed by atoms with Crippen LogP contribution in [0.5, 0.6) is 0 Å². The highest BCUT2D eigenvalue weighted by atomic mass is 35.5. The largest absolute Gasteiger partial charge is 0.354 e. The number of carbonyl (C=O) groups is 1. The molecule has 0 radical (unpaired) electrons. The Balaban J connectivity index is 1.85. The number of hydrogen-bond donors (Lipinski definition) is 2. The molecule has 1 aliphatic rings. The second kappa shape index (κ2) is 4.64. The van der Waals surface area contributed by atoms with Crippen LogP contribution in [0.4, 0.5) is 0 Å². The maximum absolute atomic E-state index is 10.9. The van der Waals surface area contributed by atoms with Crippen molar-refractivity contribution in [3.05, 3.63) is 34.9 Å². The topological polar surface area (TPSA) is 41.1 Å². The van der Waals surface area contributed by atoms with E-state index in [1.165, 1.54) is 0 Å². The lowest BCUT2D eigenvalue weighted by molar-refractivity contribution is -0.119. The Hall–Kier alpha value is -1.06. The SMILES string of the molecule is O=C1CC(NCc2cccc(Cl)c2)CN1. The van der Waals surface area contributed by atoms with Crippen molar-refractivity contribution in [2.45, 2.75) is 19.0 Å². The molecule has 1 fully saturated rings. The van der Waals surface area contributed by atoms with Crippen LogP contribution in [0, 0.1) is 0 Å². The molecule has 0 aliphatic carbocycles. The van der Waals surface area contributed by atoms with Crippen molar-refractivity contribution in [2.24, 2.45) is 0 Å². The van der Waals surface area contributed by atoms with E-state index in [0.29, 0.717) is 6.42 Å². The van der Waals surface area contributed by atoms with Crippen molar-refractivity contribution in [1.29, 1.82) is 0 Å². The van der Waals surface area contributed by atoms with Crippen LogP contribution in [-0.2, 0) is 11.3 Å². The van der Waals surface area contributed by atoms with Crippen LogP contribution in [0.25, 0.3) is 0 Å². The second-order valence-electron chi connectivity index (χ2n) is 3.72. The summed E-state index contributed by atoms with van der Waals surface area (Å²) in [4.78, 5) is 10.9. The average molecular weight is 225 g/mol. The van der Waals surface area contributed by atoms with Gasteiger partial charge in [0.15, 0.2) is 0 Å². The zero-order chi connectivity index (χ0) is 10.7. The molecular formula is C11H13ClN2O. The minimum absolute atomic E-state index is 0.124. The van der Waals surface area contributed by atoms with Gasteiger partial charge in [0, 0.05) is 30.6 Å². The Bertz CT molecular complexity index is 367. The van der Waals surface area contributed by atoms with E-state index in [2.05, 4.69) is 10.6 Å². The molecule has 15 heavy (non-hydrogen) atoms. The minimum atomic E-state index is 0.124. The second-order valence-corrected chi connectivity index (χ2v) is 4.15. The first-order valence-corrected chi connectivity index (χ1v) is 5.36. The van der Waals surface area contributed by atoms with Crippen molar-refractivity contribution in [3.8, 4) is 0 Å². The fourth-order valence-corrected chi connectivity index (χ4v) is 1.87. The molecule has 80 valence electrons. The molecule has 0 saturated carbocycles. The quantitative estimate of drug-likeness (QED) is 0.813. The molecule has 1 unspecified atom stereocenters. The van der Waals surface area contributed by atoms with Crippen molar-refractivity contribution < 1.29 is 4.79 Å². The number of amides is 1. The number of carbonyl (C=O) groups excluding carboxylic acids is 1. The number of hydrogen-bond acceptors (Lipinski definition) is 2. The third-order valence-electron chi connectivity index (χ3n) is 2.46. The van der Waals surface area contributed by atoms with Crippen LogP contribution in [-0.4, -0.2) is 18.5 Å². The fraction of sp³-hybridized carbons (Fsp3) is 0.364. The summed E-state index contributed by atoms with van der Waals surface area (Å²) in [5, 5.41) is 6.85. The van der Waals surface area contributed by atoms with Gasteiger partial charge in [0.1, 0.15) is 0 Å². The van der Waals surface area contributed by atoms with Crippen LogP contribution >= 0.6 is 11.6 Å². The van der Waals surface area contributed by atoms with E-state index >= 15 is 0 Å². The van der Waals surface area contributed by atoms with Gasteiger partial charge in [-0.25, -0.2) is 0 Å². The van der Waals surface area contributed by atoms with Crippen LogP contribution in [0.2, 0.25) is 5.02 Å². The fourth-order valence-electron chi connectivity index (χ4n) is 1.66. The Morgan fingerprint density at radius 2 is 2.40 bits per heavy atom. The Morgan fingerprint density at radius 3 is 3.07 bits per heavy atom. The number of halogens is 1. The summed E-state index contributed by atoms with van der Waals surface area (Å²) in [7, 11) is 0. The van der Waals surface area contributed by atoms with Gasteiger partial charge in [-0.1, -0.05) is 23.7 Å². The van der Waals surface area contributed by atoms with Gasteiger partial charge in [-0.3, -0.25) is 4.79 Å². The lowest BCUT2D eigenvalue weighted by atomic mass is 10.2. The smallest absolute Gasteiger partial charge is 0.221 e. The minimum Gasteiger partial charge on any atom is -0.354 e. The maximum Gasteiger partial charge on any atom is 0.221 e. The predicted octanol–water partition coefficient (Wildman–Crippen LogP) is 1.32. The van der Waals surface area contributed by atoms with Crippen molar-refractivity contribution >= 4 is 17.5 Å². The van der Waals surface area contributed by atoms with E-state index in [-0.39, 0.29) is 11.9 Å². The summed E-state index contributed by atoms with van der Waals surface area (Å²) >= 11 is 5.87. The molecule has 4 heteroatoms. The molecule has 1 aliphatic heterocycles. The summed E-state index contributed by atoms with van der Waals surface area (Å²) in [5.74, 6) is 0.124. The molecule has 1 heterocycles. The lowest BCUT2D eigenvalue weighted by Gasteiger charge is -2.10. The molecule has 1 amide bonds. The molecule has 0 aromatic heterocycles. The van der Waals surface area contributed by atoms with E-state index in [0.717, 1.165) is 23.7 Å². The van der Waals surface area contributed by atoms with Gasteiger partial charge in [-0.05, 0) is 17.7 Å². The first-order valence-electron chi connectivity index (χ1n) is 4.98. The van der Waals surface area contributed by atoms with Gasteiger partial charge >= 0.3 is 0 Å². The highest BCUT2D eigenvalue weighted by molar-refractivity contribution is 6.30. The van der Waals surface area contributed by atoms with Crippen LogP contribution in [0.3, 0.4) is 0 Å². The van der Waals surface area contributed by atoms with E-state index in [1.54, 1.807) is 0 Å². The van der Waals surface area contributed by atoms with Crippen molar-refractivity contribution in [3.63, 3.8) is 0 Å². The highest BCUT2D eigenvalue weighted by Crippen LogP contribution is 2.11. The summed E-state index contributed by atoms with van der Waals surface area (Å²) in [5.41, 5.74) is 1.14. The summed E-state index contributed by atoms with van der Waals surface area (Å²) in [6.07, 6.45) is 0.570. The first-order chi connectivity index (χ1) is 7.24. The molecular weight excluding hydrogens is 212 g/mol. The summed E-state index contributed by atoms with van der Waals surface area (Å²) in [6.45, 7) is 1.47. The molecule has 1 aromatic carbocycles. The Morgan fingerprint density at radius 1 is 1.53 bits per heavy atom. The van der Waals surface area contributed by atoms with Gasteiger partial charge in [-0.15, -0.1) is 0 Å². The molecule has 3 nitrogen and oxygen atoms in total. The van der Waals surface area contributed by atoms with Gasteiger partial charge in [0.25, 0.3) is 0 Å². The molecule has 1 atom stereocenters. The Kier molecular flexibility index (Phi) is 3.23. The zero-order valence-electron chi connectivity index (χ0n) is 8.29. The third-order valence-corrected chi connectivity index (χ3v) is 2.70. The van der Waals surface area contributed by atoms with Crippen LogP contribution < -0.4 is 10.6 Å². The lowest BCUT2D eigenvalue weighted by Crippen LogP contribution is -2.30. The predicted molar refractivity (Wildman–Crippen MR) is 59.7 cm³/mol. The monoisotopic (exact) mass is 224 g/mol. The molecule has 0 spiro atoms. The maximum atomic E-state index is 10.9. The number of nitrogens with one attached hydrogen (secondary N) is 2. The van der Waals surface area contributed by atoms with E-state index in [1.807, 2.05) is 24.3 Å². The van der Waals surface area contributed by atoms with E-state index < -0.39 is 0 Å². The van der Waals surface area contributed by atoms with Gasteiger partial charge in [-0.2, -0.15) is 0 Å². The van der Waals surface area contributed by atoms with Gasteiger partial charge < -0.3 is 10.6 Å².